The number of anilines is 1. The summed E-state index contributed by atoms with van der Waals surface area (Å²) < 4.78 is 11.0. The lowest BCUT2D eigenvalue weighted by Gasteiger charge is -2.11. The lowest BCUT2D eigenvalue weighted by Crippen LogP contribution is -2.21. The van der Waals surface area contributed by atoms with Gasteiger partial charge in [-0.25, -0.2) is 0 Å². The fourth-order valence-electron chi connectivity index (χ4n) is 3.32. The van der Waals surface area contributed by atoms with Crippen LogP contribution in [0.25, 0.3) is 6.08 Å². The SMILES string of the molecule is CCOc1cc(/C=C2/C(=O)N(c3ccccc3)N=C2c2ccccc2)ccc1OC. The van der Waals surface area contributed by atoms with Crippen molar-refractivity contribution < 1.29 is 14.3 Å². The van der Waals surface area contributed by atoms with E-state index in [0.717, 1.165) is 16.8 Å². The molecule has 30 heavy (non-hydrogen) atoms. The number of rotatable bonds is 6. The van der Waals surface area contributed by atoms with E-state index in [9.17, 15) is 4.79 Å². The molecule has 3 aromatic rings. The molecule has 0 aromatic heterocycles. The van der Waals surface area contributed by atoms with Gasteiger partial charge in [-0.3, -0.25) is 4.79 Å². The monoisotopic (exact) mass is 398 g/mol. The standard InChI is InChI=1S/C25H22N2O3/c1-3-30-23-17-18(14-15-22(23)29-2)16-21-24(19-10-6-4-7-11-19)26-27(25(21)28)20-12-8-5-9-13-20/h4-17H,3H2,1-2H3/b21-16+. The van der Waals surface area contributed by atoms with Crippen LogP contribution >= 0.6 is 0 Å². The molecule has 1 amide bonds. The van der Waals surface area contributed by atoms with Crippen LogP contribution in [0, 0.1) is 0 Å². The maximum Gasteiger partial charge on any atom is 0.281 e. The van der Waals surface area contributed by atoms with Gasteiger partial charge in [0.1, 0.15) is 5.71 Å². The third-order valence-corrected chi connectivity index (χ3v) is 4.72. The molecule has 0 saturated carbocycles. The van der Waals surface area contributed by atoms with Crippen LogP contribution in [-0.4, -0.2) is 25.3 Å². The second kappa shape index (κ2) is 8.66. The summed E-state index contributed by atoms with van der Waals surface area (Å²) in [6.07, 6.45) is 1.85. The van der Waals surface area contributed by atoms with Crippen LogP contribution in [0.5, 0.6) is 11.5 Å². The quantitative estimate of drug-likeness (QED) is 0.553. The second-order valence-corrected chi connectivity index (χ2v) is 6.67. The topological polar surface area (TPSA) is 51.1 Å². The van der Waals surface area contributed by atoms with E-state index in [1.54, 1.807) is 7.11 Å². The number of carbonyl (C=O) groups excluding carboxylic acids is 1. The lowest BCUT2D eigenvalue weighted by atomic mass is 10.00. The lowest BCUT2D eigenvalue weighted by molar-refractivity contribution is -0.114. The summed E-state index contributed by atoms with van der Waals surface area (Å²) in [5.74, 6) is 1.12. The van der Waals surface area contributed by atoms with Crippen molar-refractivity contribution in [3.8, 4) is 11.5 Å². The van der Waals surface area contributed by atoms with Crippen molar-refractivity contribution in [3.63, 3.8) is 0 Å². The molecule has 0 N–H and O–H groups in total. The molecule has 4 rings (SSSR count). The minimum atomic E-state index is -0.172. The number of nitrogens with zero attached hydrogens (tertiary/aromatic N) is 2. The van der Waals surface area contributed by atoms with Gasteiger partial charge in [0, 0.05) is 5.56 Å². The minimum absolute atomic E-state index is 0.172. The zero-order valence-corrected chi connectivity index (χ0v) is 16.9. The number of methoxy groups -OCH3 is 1. The summed E-state index contributed by atoms with van der Waals surface area (Å²) in [5, 5.41) is 6.10. The van der Waals surface area contributed by atoms with Gasteiger partial charge in [-0.15, -0.1) is 0 Å². The average molecular weight is 398 g/mol. The van der Waals surface area contributed by atoms with E-state index in [0.29, 0.717) is 29.4 Å². The number of hydrogen-bond acceptors (Lipinski definition) is 4. The van der Waals surface area contributed by atoms with Crippen molar-refractivity contribution in [2.24, 2.45) is 5.10 Å². The maximum absolute atomic E-state index is 13.3. The Kier molecular flexibility index (Phi) is 5.61. The summed E-state index contributed by atoms with van der Waals surface area (Å²) in [7, 11) is 1.61. The largest absolute Gasteiger partial charge is 0.493 e. The van der Waals surface area contributed by atoms with Crippen LogP contribution in [0.1, 0.15) is 18.1 Å². The van der Waals surface area contributed by atoms with Gasteiger partial charge in [-0.2, -0.15) is 10.1 Å². The molecule has 1 heterocycles. The smallest absolute Gasteiger partial charge is 0.281 e. The summed E-state index contributed by atoms with van der Waals surface area (Å²) in [6.45, 7) is 2.44. The van der Waals surface area contributed by atoms with E-state index in [1.165, 1.54) is 5.01 Å². The van der Waals surface area contributed by atoms with Gasteiger partial charge in [0.05, 0.1) is 25.0 Å². The molecule has 1 aliphatic heterocycles. The van der Waals surface area contributed by atoms with E-state index in [4.69, 9.17) is 9.47 Å². The number of ether oxygens (including phenoxy) is 2. The molecule has 0 bridgehead atoms. The Bertz CT molecular complexity index is 1110. The summed E-state index contributed by atoms with van der Waals surface area (Å²) in [4.78, 5) is 13.3. The predicted octanol–water partition coefficient (Wildman–Crippen LogP) is 4.93. The third-order valence-electron chi connectivity index (χ3n) is 4.72. The molecule has 3 aromatic carbocycles. The van der Waals surface area contributed by atoms with Crippen LogP contribution in [0.15, 0.2) is 89.5 Å². The first-order chi connectivity index (χ1) is 14.7. The first kappa shape index (κ1) is 19.5. The molecule has 0 saturated heterocycles. The number of para-hydroxylation sites is 1. The van der Waals surface area contributed by atoms with Gasteiger partial charge >= 0.3 is 0 Å². The molecule has 5 heteroatoms. The van der Waals surface area contributed by atoms with Crippen molar-refractivity contribution in [2.45, 2.75) is 6.92 Å². The summed E-state index contributed by atoms with van der Waals surface area (Å²) in [6, 6.07) is 24.8. The average Bonchev–Trinajstić information content (AvgIpc) is 3.11. The van der Waals surface area contributed by atoms with Crippen LogP contribution in [-0.2, 0) is 4.79 Å². The van der Waals surface area contributed by atoms with Gasteiger partial charge in [0.15, 0.2) is 11.5 Å². The van der Waals surface area contributed by atoms with Gasteiger partial charge in [-0.1, -0.05) is 54.6 Å². The van der Waals surface area contributed by atoms with Crippen molar-refractivity contribution >= 4 is 23.4 Å². The molecule has 0 spiro atoms. The van der Waals surface area contributed by atoms with Crippen molar-refractivity contribution in [1.82, 2.24) is 0 Å². The fraction of sp³-hybridized carbons (Fsp3) is 0.120. The number of carbonyl (C=O) groups is 1. The van der Waals surface area contributed by atoms with E-state index in [1.807, 2.05) is 91.9 Å². The molecule has 5 nitrogen and oxygen atoms in total. The number of hydrazone groups is 1. The first-order valence-corrected chi connectivity index (χ1v) is 9.77. The van der Waals surface area contributed by atoms with Crippen molar-refractivity contribution in [2.75, 3.05) is 18.7 Å². The van der Waals surface area contributed by atoms with Gasteiger partial charge < -0.3 is 9.47 Å². The Hall–Kier alpha value is -3.86. The highest BCUT2D eigenvalue weighted by Gasteiger charge is 2.31. The summed E-state index contributed by atoms with van der Waals surface area (Å²) >= 11 is 0. The molecule has 0 unspecified atom stereocenters. The Morgan fingerprint density at radius 1 is 0.933 bits per heavy atom. The number of hydrogen-bond donors (Lipinski definition) is 0. The Balaban J connectivity index is 1.80. The second-order valence-electron chi connectivity index (χ2n) is 6.67. The molecule has 0 radical (unpaired) electrons. The molecule has 0 atom stereocenters. The fourth-order valence-corrected chi connectivity index (χ4v) is 3.32. The van der Waals surface area contributed by atoms with Gasteiger partial charge in [-0.05, 0) is 42.8 Å². The molecular weight excluding hydrogens is 376 g/mol. The highest BCUT2D eigenvalue weighted by atomic mass is 16.5. The van der Waals surface area contributed by atoms with E-state index in [2.05, 4.69) is 5.10 Å². The van der Waals surface area contributed by atoms with E-state index >= 15 is 0 Å². The zero-order valence-electron chi connectivity index (χ0n) is 16.9. The number of benzene rings is 3. The highest BCUT2D eigenvalue weighted by Crippen LogP contribution is 2.31. The van der Waals surface area contributed by atoms with Gasteiger partial charge in [0.25, 0.3) is 5.91 Å². The Morgan fingerprint density at radius 2 is 1.63 bits per heavy atom. The van der Waals surface area contributed by atoms with Crippen molar-refractivity contribution in [1.29, 1.82) is 0 Å². The van der Waals surface area contributed by atoms with Crippen molar-refractivity contribution in [3.05, 3.63) is 95.6 Å². The molecule has 0 fully saturated rings. The number of amides is 1. The minimum Gasteiger partial charge on any atom is -0.493 e. The van der Waals surface area contributed by atoms with Crippen LogP contribution < -0.4 is 14.5 Å². The molecule has 150 valence electrons. The first-order valence-electron chi connectivity index (χ1n) is 9.77. The molecular formula is C25H22N2O3. The molecule has 0 aliphatic carbocycles. The molecule has 1 aliphatic rings. The summed E-state index contributed by atoms with van der Waals surface area (Å²) in [5.41, 5.74) is 3.61. The third kappa shape index (κ3) is 3.82. The predicted molar refractivity (Wildman–Crippen MR) is 119 cm³/mol. The normalized spacial score (nSPS) is 14.7. The Morgan fingerprint density at radius 3 is 2.30 bits per heavy atom. The van der Waals surface area contributed by atoms with E-state index in [-0.39, 0.29) is 5.91 Å². The van der Waals surface area contributed by atoms with Crippen LogP contribution in [0.4, 0.5) is 5.69 Å². The van der Waals surface area contributed by atoms with Gasteiger partial charge in [0.2, 0.25) is 0 Å². The van der Waals surface area contributed by atoms with Crippen LogP contribution in [0.2, 0.25) is 0 Å². The highest BCUT2D eigenvalue weighted by molar-refractivity contribution is 6.37. The van der Waals surface area contributed by atoms with E-state index < -0.39 is 0 Å². The van der Waals surface area contributed by atoms with Crippen LogP contribution in [0.3, 0.4) is 0 Å². The maximum atomic E-state index is 13.3. The zero-order chi connectivity index (χ0) is 20.9. The Labute approximate surface area is 175 Å².